The summed E-state index contributed by atoms with van der Waals surface area (Å²) in [6.45, 7) is 4.97. The number of benzene rings is 1. The molecule has 0 aliphatic rings. The number of anilines is 1. The van der Waals surface area contributed by atoms with Crippen LogP contribution in [0.1, 0.15) is 33.1 Å². The second-order valence-electron chi connectivity index (χ2n) is 4.60. The normalized spacial score (nSPS) is 11.9. The van der Waals surface area contributed by atoms with Crippen molar-refractivity contribution in [2.24, 2.45) is 0 Å². The quantitative estimate of drug-likeness (QED) is 0.537. The van der Waals surface area contributed by atoms with Crippen LogP contribution in [0, 0.1) is 10.1 Å². The number of nitrogens with one attached hydrogen (secondary N) is 1. The fourth-order valence-electron chi connectivity index (χ4n) is 1.68. The van der Waals surface area contributed by atoms with Gasteiger partial charge in [0.2, 0.25) is 0 Å². The summed E-state index contributed by atoms with van der Waals surface area (Å²) in [5.41, 5.74) is 0.630. The van der Waals surface area contributed by atoms with Crippen molar-refractivity contribution in [1.82, 2.24) is 0 Å². The summed E-state index contributed by atoms with van der Waals surface area (Å²) in [7, 11) is 0. The van der Waals surface area contributed by atoms with Crippen molar-refractivity contribution in [3.05, 3.63) is 28.3 Å². The van der Waals surface area contributed by atoms with E-state index in [2.05, 4.69) is 5.32 Å². The smallest absolute Gasteiger partial charge is 0.275 e. The summed E-state index contributed by atoms with van der Waals surface area (Å²) in [6, 6.07) is 4.62. The molecule has 0 radical (unpaired) electrons. The molecule has 1 unspecified atom stereocenters. The molecule has 0 saturated heterocycles. The Labute approximate surface area is 118 Å². The molecule has 20 heavy (non-hydrogen) atoms. The van der Waals surface area contributed by atoms with Crippen molar-refractivity contribution < 1.29 is 14.8 Å². The Balaban J connectivity index is 2.72. The van der Waals surface area contributed by atoms with Crippen LogP contribution in [0.15, 0.2) is 18.2 Å². The minimum atomic E-state index is -0.440. The number of ether oxygens (including phenoxy) is 1. The predicted octanol–water partition coefficient (Wildman–Crippen LogP) is 2.96. The van der Waals surface area contributed by atoms with Crippen LogP contribution in [0.4, 0.5) is 11.4 Å². The van der Waals surface area contributed by atoms with Gasteiger partial charge in [-0.05, 0) is 19.3 Å². The molecule has 112 valence electrons. The van der Waals surface area contributed by atoms with E-state index >= 15 is 0 Å². The molecule has 0 saturated carbocycles. The average Bonchev–Trinajstić information content (AvgIpc) is 2.44. The summed E-state index contributed by atoms with van der Waals surface area (Å²) in [4.78, 5) is 10.5. The van der Waals surface area contributed by atoms with E-state index < -0.39 is 4.92 Å². The number of aliphatic hydroxyl groups excluding tert-OH is 1. The lowest BCUT2D eigenvalue weighted by molar-refractivity contribution is -0.384. The highest BCUT2D eigenvalue weighted by Crippen LogP contribution is 2.26. The fraction of sp³-hybridized carbons (Fsp3) is 0.571. The van der Waals surface area contributed by atoms with Gasteiger partial charge in [-0.1, -0.05) is 13.8 Å². The summed E-state index contributed by atoms with van der Waals surface area (Å²) in [6.07, 6.45) is 1.79. The third-order valence-corrected chi connectivity index (χ3v) is 2.85. The van der Waals surface area contributed by atoms with Crippen LogP contribution in [-0.4, -0.2) is 29.3 Å². The SMILES string of the molecule is CCCOc1cc(NCCC(O)CC)cc([N+](=O)[O-])c1. The summed E-state index contributed by atoms with van der Waals surface area (Å²) in [5, 5.41) is 23.4. The van der Waals surface area contributed by atoms with Crippen LogP contribution in [0.5, 0.6) is 5.75 Å². The van der Waals surface area contributed by atoms with Gasteiger partial charge >= 0.3 is 0 Å². The highest BCUT2D eigenvalue weighted by Gasteiger charge is 2.11. The Morgan fingerprint density at radius 1 is 1.40 bits per heavy atom. The molecule has 6 nitrogen and oxygen atoms in total. The molecule has 0 amide bonds. The molecule has 1 rings (SSSR count). The lowest BCUT2D eigenvalue weighted by atomic mass is 10.2. The maximum absolute atomic E-state index is 10.9. The Morgan fingerprint density at radius 3 is 2.75 bits per heavy atom. The zero-order valence-corrected chi connectivity index (χ0v) is 12.0. The second kappa shape index (κ2) is 8.37. The first kappa shape index (κ1) is 16.2. The molecule has 0 aliphatic heterocycles. The average molecular weight is 282 g/mol. The molecule has 1 aromatic rings. The highest BCUT2D eigenvalue weighted by molar-refractivity contribution is 5.56. The Morgan fingerprint density at radius 2 is 2.15 bits per heavy atom. The van der Waals surface area contributed by atoms with E-state index in [0.717, 1.165) is 6.42 Å². The molecular formula is C14H22N2O4. The highest BCUT2D eigenvalue weighted by atomic mass is 16.6. The van der Waals surface area contributed by atoms with Crippen LogP contribution in [0.3, 0.4) is 0 Å². The molecule has 0 aromatic heterocycles. The molecule has 0 heterocycles. The molecule has 0 fully saturated rings. The van der Waals surface area contributed by atoms with Gasteiger partial charge in [0.15, 0.2) is 0 Å². The molecule has 1 aromatic carbocycles. The van der Waals surface area contributed by atoms with Crippen molar-refractivity contribution in [3.8, 4) is 5.75 Å². The zero-order chi connectivity index (χ0) is 15.0. The molecular weight excluding hydrogens is 260 g/mol. The van der Waals surface area contributed by atoms with Crippen LogP contribution in [0.2, 0.25) is 0 Å². The van der Waals surface area contributed by atoms with Gasteiger partial charge in [-0.15, -0.1) is 0 Å². The van der Waals surface area contributed by atoms with Crippen molar-refractivity contribution in [2.45, 2.75) is 39.2 Å². The number of non-ortho nitro benzene ring substituents is 1. The number of aliphatic hydroxyl groups is 1. The first-order valence-corrected chi connectivity index (χ1v) is 6.91. The van der Waals surface area contributed by atoms with E-state index in [1.54, 1.807) is 6.07 Å². The number of nitro groups is 1. The molecule has 0 aliphatic carbocycles. The molecule has 0 bridgehead atoms. The summed E-state index contributed by atoms with van der Waals surface area (Å²) >= 11 is 0. The Bertz CT molecular complexity index is 437. The largest absolute Gasteiger partial charge is 0.493 e. The third-order valence-electron chi connectivity index (χ3n) is 2.85. The van der Waals surface area contributed by atoms with E-state index in [9.17, 15) is 15.2 Å². The van der Waals surface area contributed by atoms with E-state index in [1.807, 2.05) is 13.8 Å². The van der Waals surface area contributed by atoms with Gasteiger partial charge < -0.3 is 15.2 Å². The van der Waals surface area contributed by atoms with Gasteiger partial charge in [-0.25, -0.2) is 0 Å². The first-order chi connectivity index (χ1) is 9.56. The summed E-state index contributed by atoms with van der Waals surface area (Å²) < 4.78 is 5.44. The number of nitrogens with zero attached hydrogens (tertiary/aromatic N) is 1. The van der Waals surface area contributed by atoms with Crippen LogP contribution < -0.4 is 10.1 Å². The lowest BCUT2D eigenvalue weighted by Gasteiger charge is -2.11. The second-order valence-corrected chi connectivity index (χ2v) is 4.60. The molecule has 6 heteroatoms. The van der Waals surface area contributed by atoms with E-state index in [-0.39, 0.29) is 11.8 Å². The lowest BCUT2D eigenvalue weighted by Crippen LogP contribution is -2.12. The number of rotatable bonds is 9. The van der Waals surface area contributed by atoms with Crippen LogP contribution in [0.25, 0.3) is 0 Å². The van der Waals surface area contributed by atoms with Crippen LogP contribution >= 0.6 is 0 Å². The maximum atomic E-state index is 10.9. The van der Waals surface area contributed by atoms with Crippen molar-refractivity contribution in [2.75, 3.05) is 18.5 Å². The third kappa shape index (κ3) is 5.44. The monoisotopic (exact) mass is 282 g/mol. The molecule has 1 atom stereocenters. The molecule has 2 N–H and O–H groups in total. The summed E-state index contributed by atoms with van der Waals surface area (Å²) in [5.74, 6) is 0.486. The Kier molecular flexibility index (Phi) is 6.79. The van der Waals surface area contributed by atoms with Gasteiger partial charge in [-0.2, -0.15) is 0 Å². The van der Waals surface area contributed by atoms with E-state index in [4.69, 9.17) is 4.74 Å². The first-order valence-electron chi connectivity index (χ1n) is 6.91. The van der Waals surface area contributed by atoms with Crippen molar-refractivity contribution in [3.63, 3.8) is 0 Å². The van der Waals surface area contributed by atoms with E-state index in [0.29, 0.717) is 37.4 Å². The van der Waals surface area contributed by atoms with Crippen molar-refractivity contribution >= 4 is 11.4 Å². The van der Waals surface area contributed by atoms with Crippen LogP contribution in [-0.2, 0) is 0 Å². The topological polar surface area (TPSA) is 84.6 Å². The number of nitro benzene ring substituents is 1. The van der Waals surface area contributed by atoms with Gasteiger partial charge in [0.1, 0.15) is 5.75 Å². The zero-order valence-electron chi connectivity index (χ0n) is 12.0. The molecule has 0 spiro atoms. The number of hydrogen-bond donors (Lipinski definition) is 2. The van der Waals surface area contributed by atoms with Crippen molar-refractivity contribution in [1.29, 1.82) is 0 Å². The van der Waals surface area contributed by atoms with Gasteiger partial charge in [0.05, 0.1) is 23.7 Å². The standard InChI is InChI=1S/C14H22N2O4/c1-3-7-20-14-9-11(8-12(10-14)16(18)19)15-6-5-13(17)4-2/h8-10,13,15,17H,3-7H2,1-2H3. The fourth-order valence-corrected chi connectivity index (χ4v) is 1.68. The van der Waals surface area contributed by atoms with Gasteiger partial charge in [0.25, 0.3) is 5.69 Å². The maximum Gasteiger partial charge on any atom is 0.275 e. The number of hydrogen-bond acceptors (Lipinski definition) is 5. The Hall–Kier alpha value is -1.82. The minimum absolute atomic E-state index is 0.00265. The minimum Gasteiger partial charge on any atom is -0.493 e. The van der Waals surface area contributed by atoms with E-state index in [1.165, 1.54) is 12.1 Å². The van der Waals surface area contributed by atoms with Gasteiger partial charge in [-0.3, -0.25) is 10.1 Å². The predicted molar refractivity (Wildman–Crippen MR) is 78.3 cm³/mol. The van der Waals surface area contributed by atoms with Gasteiger partial charge in [0, 0.05) is 24.4 Å².